The number of aliphatic carboxylic acids is 5. The minimum Gasteiger partial charge on any atom is -0.480 e. The van der Waals surface area contributed by atoms with Gasteiger partial charge in [0.1, 0.15) is 6.04 Å². The average molecular weight is 731 g/mol. The maximum Gasteiger partial charge on any atom is 0.320 e. The van der Waals surface area contributed by atoms with Gasteiger partial charge in [0.15, 0.2) is 0 Å². The summed E-state index contributed by atoms with van der Waals surface area (Å²) in [5.41, 5.74) is 0. The number of carbonyl (C=O) groups is 6. The third kappa shape index (κ3) is 30.1. The predicted octanol–water partition coefficient (Wildman–Crippen LogP) is 4.23. The van der Waals surface area contributed by atoms with E-state index < -0.39 is 62.1 Å². The average Bonchev–Trinajstić information content (AvgIpc) is 3.03. The minimum atomic E-state index is -1.26. The summed E-state index contributed by atoms with van der Waals surface area (Å²) in [6.45, 7) is -0.0235. The van der Waals surface area contributed by atoms with Gasteiger partial charge in [-0.2, -0.15) is 0 Å². The molecule has 0 saturated carbocycles. The van der Waals surface area contributed by atoms with Crippen LogP contribution < -0.4 is 5.32 Å². The molecular formula is C36H66N4O11. The second kappa shape index (κ2) is 31.4. The van der Waals surface area contributed by atoms with Crippen LogP contribution >= 0.6 is 0 Å². The molecule has 0 spiro atoms. The van der Waals surface area contributed by atoms with Gasteiger partial charge in [-0.3, -0.25) is 43.5 Å². The maximum atomic E-state index is 12.3. The molecule has 6 N–H and O–H groups in total. The van der Waals surface area contributed by atoms with Gasteiger partial charge in [-0.05, 0) is 25.7 Å². The number of hydrogen-bond acceptors (Lipinski definition) is 9. The van der Waals surface area contributed by atoms with E-state index in [1.54, 1.807) is 0 Å². The summed E-state index contributed by atoms with van der Waals surface area (Å²) in [5, 5.41) is 49.6. The number of unbranched alkanes of at least 4 members (excludes halogenated alkanes) is 15. The van der Waals surface area contributed by atoms with Gasteiger partial charge in [-0.1, -0.05) is 96.8 Å². The largest absolute Gasteiger partial charge is 0.480 e. The Balaban J connectivity index is 4.64. The zero-order chi connectivity index (χ0) is 38.3. The minimum absolute atomic E-state index is 0.0463. The highest BCUT2D eigenvalue weighted by Gasteiger charge is 2.27. The molecule has 0 aromatic rings. The monoisotopic (exact) mass is 730 g/mol. The van der Waals surface area contributed by atoms with Crippen molar-refractivity contribution in [3.8, 4) is 0 Å². The van der Waals surface area contributed by atoms with Gasteiger partial charge >= 0.3 is 29.8 Å². The lowest BCUT2D eigenvalue weighted by Gasteiger charge is -2.32. The molecule has 15 heteroatoms. The summed E-state index contributed by atoms with van der Waals surface area (Å²) in [4.78, 5) is 73.3. The molecule has 0 saturated heterocycles. The number of nitrogens with one attached hydrogen (secondary N) is 1. The Kier molecular flexibility index (Phi) is 29.4. The summed E-state index contributed by atoms with van der Waals surface area (Å²) in [6, 6.07) is -1.09. The molecule has 1 unspecified atom stereocenters. The number of carboxylic acids is 5. The molecule has 0 aromatic heterocycles. The van der Waals surface area contributed by atoms with E-state index in [2.05, 4.69) is 12.2 Å². The standard InChI is InChI=1S/C36H66N4O11/c1-2-3-4-5-6-7-8-9-10-11-12-13-14-15-16-20-31(41)37-21-18-17-19-30(36(50)51)40(24-22-38(26-32(42)43)27-33(44)45)25-23-39(28-34(46)47)29-35(48)49/h30H,2-29H2,1H3,(H,37,41)(H,42,43)(H,44,45)(H,46,47)(H,48,49)(H,50,51). The van der Waals surface area contributed by atoms with Crippen LogP contribution in [0.25, 0.3) is 0 Å². The number of carboxylic acid groups (broad SMARTS) is 5. The number of nitrogens with zero attached hydrogens (tertiary/aromatic N) is 3. The smallest absolute Gasteiger partial charge is 0.320 e. The zero-order valence-electron chi connectivity index (χ0n) is 30.9. The van der Waals surface area contributed by atoms with E-state index in [0.29, 0.717) is 25.8 Å². The molecule has 0 rings (SSSR count). The van der Waals surface area contributed by atoms with Gasteiger partial charge in [-0.15, -0.1) is 0 Å². The Labute approximate surface area is 303 Å². The van der Waals surface area contributed by atoms with E-state index in [9.17, 15) is 33.9 Å². The van der Waals surface area contributed by atoms with E-state index in [0.717, 1.165) is 29.1 Å². The lowest BCUT2D eigenvalue weighted by molar-refractivity contribution is -0.146. The topological polar surface area (TPSA) is 225 Å². The van der Waals surface area contributed by atoms with Crippen LogP contribution in [-0.2, 0) is 28.8 Å². The van der Waals surface area contributed by atoms with E-state index in [1.807, 2.05) is 0 Å². The van der Waals surface area contributed by atoms with E-state index in [-0.39, 0.29) is 38.5 Å². The first-order valence-electron chi connectivity index (χ1n) is 18.9. The molecule has 0 aliphatic carbocycles. The van der Waals surface area contributed by atoms with Crippen molar-refractivity contribution in [1.82, 2.24) is 20.0 Å². The molecule has 0 aliphatic heterocycles. The molecule has 296 valence electrons. The Morgan fingerprint density at radius 3 is 1.22 bits per heavy atom. The fourth-order valence-electron chi connectivity index (χ4n) is 6.05. The molecule has 1 atom stereocenters. The van der Waals surface area contributed by atoms with Crippen LogP contribution in [0.5, 0.6) is 0 Å². The number of rotatable bonds is 37. The Hall–Kier alpha value is -3.30. The van der Waals surface area contributed by atoms with Gasteiger partial charge in [-0.25, -0.2) is 0 Å². The molecule has 1 amide bonds. The van der Waals surface area contributed by atoms with Crippen LogP contribution in [-0.4, -0.2) is 141 Å². The normalized spacial score (nSPS) is 12.0. The van der Waals surface area contributed by atoms with E-state index in [4.69, 9.17) is 20.4 Å². The summed E-state index contributed by atoms with van der Waals surface area (Å²) in [7, 11) is 0. The van der Waals surface area contributed by atoms with Gasteiger partial charge in [0.2, 0.25) is 5.91 Å². The Morgan fingerprint density at radius 2 is 0.863 bits per heavy atom. The van der Waals surface area contributed by atoms with Crippen molar-refractivity contribution >= 4 is 35.8 Å². The summed E-state index contributed by atoms with van der Waals surface area (Å²) < 4.78 is 0. The van der Waals surface area contributed by atoms with Crippen LogP contribution in [0.1, 0.15) is 129 Å². The van der Waals surface area contributed by atoms with Crippen LogP contribution in [0.2, 0.25) is 0 Å². The summed E-state index contributed by atoms with van der Waals surface area (Å²) >= 11 is 0. The van der Waals surface area contributed by atoms with Crippen molar-refractivity contribution in [3.63, 3.8) is 0 Å². The van der Waals surface area contributed by atoms with Gasteiger partial charge in [0, 0.05) is 39.1 Å². The first-order chi connectivity index (χ1) is 24.3. The van der Waals surface area contributed by atoms with Crippen LogP contribution in [0, 0.1) is 0 Å². The van der Waals surface area contributed by atoms with Crippen molar-refractivity contribution in [1.29, 1.82) is 0 Å². The molecule has 15 nitrogen and oxygen atoms in total. The van der Waals surface area contributed by atoms with Crippen molar-refractivity contribution in [2.45, 2.75) is 135 Å². The summed E-state index contributed by atoms with van der Waals surface area (Å²) in [5.74, 6) is -6.25. The van der Waals surface area contributed by atoms with Gasteiger partial charge in [0.25, 0.3) is 0 Å². The second-order valence-corrected chi connectivity index (χ2v) is 13.4. The molecule has 0 radical (unpaired) electrons. The van der Waals surface area contributed by atoms with Crippen LogP contribution in [0.3, 0.4) is 0 Å². The maximum absolute atomic E-state index is 12.3. The fraction of sp³-hybridized carbons (Fsp3) is 0.833. The molecule has 0 fully saturated rings. The van der Waals surface area contributed by atoms with Crippen LogP contribution in [0.15, 0.2) is 0 Å². The van der Waals surface area contributed by atoms with Crippen molar-refractivity contribution < 1.29 is 54.3 Å². The molecule has 0 bridgehead atoms. The highest BCUT2D eigenvalue weighted by molar-refractivity contribution is 5.76. The zero-order valence-corrected chi connectivity index (χ0v) is 30.9. The molecular weight excluding hydrogens is 664 g/mol. The Morgan fingerprint density at radius 1 is 0.490 bits per heavy atom. The third-order valence-electron chi connectivity index (χ3n) is 8.80. The predicted molar refractivity (Wildman–Crippen MR) is 193 cm³/mol. The number of carbonyl (C=O) groups excluding carboxylic acids is 1. The highest BCUT2D eigenvalue weighted by atomic mass is 16.4. The SMILES string of the molecule is CCCCCCCCCCCCCCCCCC(=O)NCCCCC(C(=O)O)N(CCN(CC(=O)O)CC(=O)O)CCN(CC(=O)O)CC(=O)O. The number of hydrogen-bond donors (Lipinski definition) is 6. The fourth-order valence-corrected chi connectivity index (χ4v) is 6.05. The number of amides is 1. The summed E-state index contributed by atoms with van der Waals surface area (Å²) in [6.07, 6.45) is 20.3. The van der Waals surface area contributed by atoms with Crippen molar-refractivity contribution in [2.24, 2.45) is 0 Å². The molecule has 0 aliphatic rings. The molecule has 51 heavy (non-hydrogen) atoms. The molecule has 0 aromatic carbocycles. The highest BCUT2D eigenvalue weighted by Crippen LogP contribution is 2.14. The molecule has 0 heterocycles. The lowest BCUT2D eigenvalue weighted by Crippen LogP contribution is -2.50. The third-order valence-corrected chi connectivity index (χ3v) is 8.80. The first kappa shape index (κ1) is 47.7. The van der Waals surface area contributed by atoms with Crippen molar-refractivity contribution in [2.75, 3.05) is 58.9 Å². The van der Waals surface area contributed by atoms with Gasteiger partial charge < -0.3 is 30.8 Å². The quantitative estimate of drug-likeness (QED) is 0.0492. The Bertz CT molecular complexity index is 926. The second-order valence-electron chi connectivity index (χ2n) is 13.4. The van der Waals surface area contributed by atoms with Gasteiger partial charge in [0.05, 0.1) is 26.2 Å². The van der Waals surface area contributed by atoms with Crippen LogP contribution in [0.4, 0.5) is 0 Å². The lowest BCUT2D eigenvalue weighted by atomic mass is 10.0. The van der Waals surface area contributed by atoms with E-state index in [1.165, 1.54) is 81.9 Å². The first-order valence-corrected chi connectivity index (χ1v) is 18.9. The van der Waals surface area contributed by atoms with E-state index >= 15 is 0 Å². The van der Waals surface area contributed by atoms with Crippen molar-refractivity contribution in [3.05, 3.63) is 0 Å².